The first-order valence-electron chi connectivity index (χ1n) is 14.4. The van der Waals surface area contributed by atoms with Crippen molar-refractivity contribution in [2.75, 3.05) is 6.61 Å². The molecule has 2 aromatic rings. The topological polar surface area (TPSA) is 102 Å². The molecule has 1 fully saturated rings. The number of rotatable bonds is 6. The lowest BCUT2D eigenvalue weighted by Crippen LogP contribution is -2.45. The van der Waals surface area contributed by atoms with Crippen LogP contribution in [0.4, 0.5) is 22.8 Å². The first-order valence-corrected chi connectivity index (χ1v) is 16.0. The maximum Gasteiger partial charge on any atom is 0.420 e. The van der Waals surface area contributed by atoms with Gasteiger partial charge >= 0.3 is 24.3 Å². The van der Waals surface area contributed by atoms with Crippen molar-refractivity contribution in [2.24, 2.45) is 0 Å². The molecule has 0 radical (unpaired) electrons. The van der Waals surface area contributed by atoms with E-state index in [1.807, 2.05) is 0 Å². The molecule has 1 aliphatic rings. The lowest BCUT2D eigenvalue weighted by Gasteiger charge is -2.34. The zero-order valence-corrected chi connectivity index (χ0v) is 29.1. The second-order valence-electron chi connectivity index (χ2n) is 13.0. The standard InChI is InChI=1S/C32H38Cl2F3NO7S/c1-9-43-25(39)24-30(42,17-31(46-24,32(35,36)37)21-14-22(33)16-23(34)15-21)20-12-10-19(11-13-20)18(2)38(26(40)44-28(3,4)5)27(41)45-29(6,7)8/h10-16,18,24,42H,9,17H2,1-8H3/t18-,24?,30?,31?/m0/s1. The fourth-order valence-electron chi connectivity index (χ4n) is 5.03. The number of alkyl halides is 3. The largest absolute Gasteiger partial charge is 0.465 e. The van der Waals surface area contributed by atoms with Crippen LogP contribution in [0.5, 0.6) is 0 Å². The Morgan fingerprint density at radius 1 is 0.935 bits per heavy atom. The minimum atomic E-state index is -4.96. The van der Waals surface area contributed by atoms with Crippen LogP contribution in [0, 0.1) is 0 Å². The number of ether oxygens (including phenoxy) is 3. The second kappa shape index (κ2) is 13.4. The average molecular weight is 709 g/mol. The molecule has 4 atom stereocenters. The number of esters is 1. The van der Waals surface area contributed by atoms with Crippen molar-refractivity contribution in [3.05, 3.63) is 69.2 Å². The van der Waals surface area contributed by atoms with Crippen LogP contribution >= 0.6 is 35.0 Å². The first-order chi connectivity index (χ1) is 20.9. The van der Waals surface area contributed by atoms with E-state index in [1.54, 1.807) is 48.5 Å². The third-order valence-electron chi connectivity index (χ3n) is 7.02. The van der Waals surface area contributed by atoms with Crippen molar-refractivity contribution >= 4 is 53.1 Å². The third-order valence-corrected chi connectivity index (χ3v) is 9.29. The van der Waals surface area contributed by atoms with Gasteiger partial charge in [-0.3, -0.25) is 4.79 Å². The van der Waals surface area contributed by atoms with Crippen molar-refractivity contribution in [1.82, 2.24) is 4.90 Å². The summed E-state index contributed by atoms with van der Waals surface area (Å²) >= 11 is 12.4. The number of amides is 2. The molecule has 1 saturated heterocycles. The number of carbonyl (C=O) groups excluding carboxylic acids is 3. The van der Waals surface area contributed by atoms with Gasteiger partial charge in [0.05, 0.1) is 12.6 Å². The molecule has 3 rings (SSSR count). The lowest BCUT2D eigenvalue weighted by molar-refractivity contribution is -0.174. The molecule has 8 nitrogen and oxygen atoms in total. The molecule has 2 aromatic carbocycles. The minimum absolute atomic E-state index is 0.0191. The van der Waals surface area contributed by atoms with Crippen LogP contribution in [0.3, 0.4) is 0 Å². The zero-order valence-electron chi connectivity index (χ0n) is 26.8. The van der Waals surface area contributed by atoms with E-state index in [2.05, 4.69) is 0 Å². The van der Waals surface area contributed by atoms with E-state index in [0.717, 1.165) is 17.0 Å². The molecule has 14 heteroatoms. The van der Waals surface area contributed by atoms with E-state index in [4.69, 9.17) is 37.4 Å². The SMILES string of the molecule is CCOC(=O)C1SC(c2cc(Cl)cc(Cl)c2)(C(F)(F)F)CC1(O)c1ccc([C@H](C)N(C(=O)OC(C)(C)C)C(=O)OC(C)(C)C)cc1. The summed E-state index contributed by atoms with van der Waals surface area (Å²) in [5, 5.41) is 10.2. The fraction of sp³-hybridized carbons (Fsp3) is 0.531. The van der Waals surface area contributed by atoms with Gasteiger partial charge < -0.3 is 19.3 Å². The summed E-state index contributed by atoms with van der Waals surface area (Å²) in [5.41, 5.74) is -4.24. The molecule has 2 amide bonds. The van der Waals surface area contributed by atoms with Gasteiger partial charge in [0.2, 0.25) is 0 Å². The van der Waals surface area contributed by atoms with Gasteiger partial charge in [-0.15, -0.1) is 11.8 Å². The Kier molecular flexibility index (Phi) is 11.0. The monoisotopic (exact) mass is 707 g/mol. The number of carbonyl (C=O) groups is 3. The molecule has 46 heavy (non-hydrogen) atoms. The smallest absolute Gasteiger partial charge is 0.420 e. The summed E-state index contributed by atoms with van der Waals surface area (Å²) in [5.74, 6) is -1.03. The molecule has 1 N–H and O–H groups in total. The first kappa shape index (κ1) is 37.8. The molecule has 3 unspecified atom stereocenters. The van der Waals surface area contributed by atoms with E-state index in [-0.39, 0.29) is 39.5 Å². The molecular weight excluding hydrogens is 670 g/mol. The van der Waals surface area contributed by atoms with E-state index in [1.165, 1.54) is 37.3 Å². The van der Waals surface area contributed by atoms with E-state index >= 15 is 13.2 Å². The van der Waals surface area contributed by atoms with Gasteiger partial charge in [-0.25, -0.2) is 14.5 Å². The summed E-state index contributed by atoms with van der Waals surface area (Å²) in [6.07, 6.45) is -7.87. The molecule has 254 valence electrons. The van der Waals surface area contributed by atoms with Gasteiger partial charge in [-0.2, -0.15) is 13.2 Å². The van der Waals surface area contributed by atoms with Gasteiger partial charge in [-0.1, -0.05) is 47.5 Å². The van der Waals surface area contributed by atoms with E-state index in [9.17, 15) is 19.5 Å². The van der Waals surface area contributed by atoms with Crippen molar-refractivity contribution in [2.45, 2.75) is 101 Å². The summed E-state index contributed by atoms with van der Waals surface area (Å²) < 4.78 is 58.3. The van der Waals surface area contributed by atoms with Crippen molar-refractivity contribution in [3.8, 4) is 0 Å². The number of benzene rings is 2. The maximum absolute atomic E-state index is 15.0. The number of aliphatic hydroxyl groups is 1. The van der Waals surface area contributed by atoms with Gasteiger partial charge in [-0.05, 0) is 90.3 Å². The van der Waals surface area contributed by atoms with Crippen LogP contribution in [0.1, 0.15) is 84.5 Å². The van der Waals surface area contributed by atoms with Crippen LogP contribution in [-0.2, 0) is 29.4 Å². The minimum Gasteiger partial charge on any atom is -0.465 e. The van der Waals surface area contributed by atoms with Crippen molar-refractivity contribution in [3.63, 3.8) is 0 Å². The van der Waals surface area contributed by atoms with Crippen LogP contribution in [0.25, 0.3) is 0 Å². The summed E-state index contributed by atoms with van der Waals surface area (Å²) in [6, 6.07) is 8.10. The molecular formula is C32H38Cl2F3NO7S. The summed E-state index contributed by atoms with van der Waals surface area (Å²) in [7, 11) is 0. The molecule has 1 aliphatic heterocycles. The normalized spacial score (nSPS) is 22.6. The van der Waals surface area contributed by atoms with Crippen molar-refractivity contribution < 1.29 is 46.9 Å². The number of nitrogens with zero attached hydrogens (tertiary/aromatic N) is 1. The lowest BCUT2D eigenvalue weighted by atomic mass is 9.79. The second-order valence-corrected chi connectivity index (χ2v) is 15.2. The van der Waals surface area contributed by atoms with E-state index in [0.29, 0.717) is 5.56 Å². The van der Waals surface area contributed by atoms with Gasteiger partial charge in [0.25, 0.3) is 0 Å². The number of hydrogen-bond donors (Lipinski definition) is 1. The Labute approximate surface area is 280 Å². The Bertz CT molecular complexity index is 1410. The Balaban J connectivity index is 2.11. The van der Waals surface area contributed by atoms with Crippen LogP contribution < -0.4 is 0 Å². The predicted molar refractivity (Wildman–Crippen MR) is 170 cm³/mol. The number of thioether (sulfide) groups is 1. The molecule has 1 heterocycles. The number of hydrogen-bond acceptors (Lipinski definition) is 8. The van der Waals surface area contributed by atoms with Crippen LogP contribution in [0.15, 0.2) is 42.5 Å². The highest BCUT2D eigenvalue weighted by molar-refractivity contribution is 8.02. The average Bonchev–Trinajstić information content (AvgIpc) is 3.22. The molecule has 0 aromatic heterocycles. The Hall–Kier alpha value is -2.67. The van der Waals surface area contributed by atoms with Gasteiger partial charge in [0.15, 0.2) is 0 Å². The molecule has 0 bridgehead atoms. The zero-order chi connectivity index (χ0) is 35.0. The third kappa shape index (κ3) is 8.24. The number of imide groups is 1. The summed E-state index contributed by atoms with van der Waals surface area (Å²) in [4.78, 5) is 40.2. The predicted octanol–water partition coefficient (Wildman–Crippen LogP) is 8.94. The molecule has 0 spiro atoms. The van der Waals surface area contributed by atoms with Crippen LogP contribution in [0.2, 0.25) is 10.0 Å². The maximum atomic E-state index is 15.0. The highest BCUT2D eigenvalue weighted by Crippen LogP contribution is 2.65. The van der Waals surface area contributed by atoms with Gasteiger partial charge in [0.1, 0.15) is 26.8 Å². The molecule has 0 saturated carbocycles. The Morgan fingerprint density at radius 3 is 1.83 bits per heavy atom. The highest BCUT2D eigenvalue weighted by atomic mass is 35.5. The highest BCUT2D eigenvalue weighted by Gasteiger charge is 2.69. The van der Waals surface area contributed by atoms with Gasteiger partial charge in [0, 0.05) is 16.5 Å². The number of halogens is 5. The van der Waals surface area contributed by atoms with Crippen LogP contribution in [-0.4, -0.2) is 57.4 Å². The Morgan fingerprint density at radius 2 is 1.41 bits per heavy atom. The quantitative estimate of drug-likeness (QED) is 0.235. The summed E-state index contributed by atoms with van der Waals surface area (Å²) in [6.45, 7) is 12.7. The molecule has 0 aliphatic carbocycles. The van der Waals surface area contributed by atoms with E-state index < -0.39 is 63.6 Å². The van der Waals surface area contributed by atoms with Crippen molar-refractivity contribution in [1.29, 1.82) is 0 Å². The fourth-order valence-corrected chi connectivity index (χ4v) is 7.23.